The van der Waals surface area contributed by atoms with E-state index in [4.69, 9.17) is 9.47 Å². The van der Waals surface area contributed by atoms with E-state index in [1.165, 1.54) is 11.3 Å². The van der Waals surface area contributed by atoms with E-state index >= 15 is 0 Å². The summed E-state index contributed by atoms with van der Waals surface area (Å²) in [6.07, 6.45) is 0. The molecule has 27 heavy (non-hydrogen) atoms. The number of thiophene rings is 1. The van der Waals surface area contributed by atoms with Gasteiger partial charge in [-0.25, -0.2) is 9.97 Å². The number of carbonyl (C=O) groups is 1. The summed E-state index contributed by atoms with van der Waals surface area (Å²) >= 11 is 1.41. The number of hydrogen-bond donors (Lipinski definition) is 1. The molecule has 0 aliphatic carbocycles. The van der Waals surface area contributed by atoms with E-state index in [2.05, 4.69) is 15.3 Å². The maximum absolute atomic E-state index is 12.9. The van der Waals surface area contributed by atoms with Crippen LogP contribution in [0.25, 0.3) is 10.2 Å². The van der Waals surface area contributed by atoms with Crippen molar-refractivity contribution in [2.24, 2.45) is 0 Å². The number of nitrogens with zero attached hydrogens (tertiary/aromatic N) is 2. The lowest BCUT2D eigenvalue weighted by molar-refractivity contribution is 0.0943. The van der Waals surface area contributed by atoms with Gasteiger partial charge in [0.05, 0.1) is 10.9 Å². The smallest absolute Gasteiger partial charge is 0.262 e. The minimum absolute atomic E-state index is 0.102. The number of rotatable bonds is 3. The van der Waals surface area contributed by atoms with Gasteiger partial charge in [0, 0.05) is 11.1 Å². The van der Waals surface area contributed by atoms with Gasteiger partial charge in [-0.3, -0.25) is 4.79 Å². The summed E-state index contributed by atoms with van der Waals surface area (Å²) in [7, 11) is 0. The number of amides is 1. The monoisotopic (exact) mass is 383 g/mol. The van der Waals surface area contributed by atoms with Crippen LogP contribution in [0.3, 0.4) is 0 Å². The highest BCUT2D eigenvalue weighted by molar-refractivity contribution is 7.20. The predicted molar refractivity (Wildman–Crippen MR) is 105 cm³/mol. The summed E-state index contributed by atoms with van der Waals surface area (Å²) in [5.74, 6) is 2.08. The molecule has 1 N–H and O–H groups in total. The van der Waals surface area contributed by atoms with Crippen LogP contribution in [0.1, 0.15) is 45.3 Å². The Hall–Kier alpha value is -2.67. The fourth-order valence-electron chi connectivity index (χ4n) is 3.37. The molecule has 1 unspecified atom stereocenters. The van der Waals surface area contributed by atoms with Crippen LogP contribution in [-0.4, -0.2) is 29.1 Å². The van der Waals surface area contributed by atoms with Gasteiger partial charge >= 0.3 is 0 Å². The first kappa shape index (κ1) is 17.7. The molecule has 0 fully saturated rings. The molecule has 140 valence electrons. The molecule has 3 heterocycles. The number of hydrogen-bond acceptors (Lipinski definition) is 6. The maximum Gasteiger partial charge on any atom is 0.262 e. The number of fused-ring (bicyclic) bond motifs is 2. The van der Waals surface area contributed by atoms with Gasteiger partial charge < -0.3 is 14.8 Å². The normalized spacial score (nSPS) is 14.2. The average Bonchev–Trinajstić information content (AvgIpc) is 2.97. The minimum atomic E-state index is -0.160. The largest absolute Gasteiger partial charge is 0.486 e. The molecule has 3 aromatic rings. The topological polar surface area (TPSA) is 73.3 Å². The third kappa shape index (κ3) is 3.23. The van der Waals surface area contributed by atoms with Gasteiger partial charge in [0.1, 0.15) is 23.9 Å². The van der Waals surface area contributed by atoms with Crippen LogP contribution in [-0.2, 0) is 0 Å². The van der Waals surface area contributed by atoms with Crippen molar-refractivity contribution in [1.82, 2.24) is 15.3 Å². The first-order chi connectivity index (χ1) is 12.9. The number of carbonyl (C=O) groups excluding carboxylic acids is 1. The van der Waals surface area contributed by atoms with Gasteiger partial charge in [-0.15, -0.1) is 11.3 Å². The van der Waals surface area contributed by atoms with Gasteiger partial charge in [0.2, 0.25) is 0 Å². The molecule has 0 spiro atoms. The van der Waals surface area contributed by atoms with E-state index < -0.39 is 0 Å². The number of ether oxygens (including phenoxy) is 2. The van der Waals surface area contributed by atoms with Gasteiger partial charge in [-0.05, 0) is 51.0 Å². The molecule has 4 rings (SSSR count). The summed E-state index contributed by atoms with van der Waals surface area (Å²) in [5, 5.41) is 4.06. The van der Waals surface area contributed by atoms with Crippen LogP contribution < -0.4 is 14.8 Å². The Labute approximate surface area is 161 Å². The Morgan fingerprint density at radius 2 is 1.89 bits per heavy atom. The summed E-state index contributed by atoms with van der Waals surface area (Å²) < 4.78 is 11.2. The molecule has 1 aliphatic heterocycles. The first-order valence-electron chi connectivity index (χ1n) is 8.89. The van der Waals surface area contributed by atoms with Crippen LogP contribution in [0.5, 0.6) is 11.5 Å². The molecule has 1 aliphatic rings. The summed E-state index contributed by atoms with van der Waals surface area (Å²) in [4.78, 5) is 23.3. The lowest BCUT2D eigenvalue weighted by atomic mass is 10.1. The molecule has 1 aromatic carbocycles. The van der Waals surface area contributed by atoms with E-state index in [1.54, 1.807) is 0 Å². The molecular weight excluding hydrogens is 362 g/mol. The highest BCUT2D eigenvalue weighted by atomic mass is 32.1. The summed E-state index contributed by atoms with van der Waals surface area (Å²) in [5.41, 5.74) is 2.81. The molecular formula is C20H21N3O3S. The molecule has 0 saturated carbocycles. The van der Waals surface area contributed by atoms with Crippen LogP contribution in [0.4, 0.5) is 0 Å². The molecule has 0 saturated heterocycles. The second-order valence-corrected chi connectivity index (χ2v) is 7.69. The molecule has 1 atom stereocenters. The van der Waals surface area contributed by atoms with Gasteiger partial charge in [0.25, 0.3) is 5.91 Å². The number of aryl methyl sites for hydroxylation is 3. The Bertz CT molecular complexity index is 1040. The molecule has 2 aromatic heterocycles. The quantitative estimate of drug-likeness (QED) is 0.743. The Kier molecular flexibility index (Phi) is 4.47. The van der Waals surface area contributed by atoms with E-state index in [9.17, 15) is 4.79 Å². The Morgan fingerprint density at radius 3 is 2.67 bits per heavy atom. The fraction of sp³-hybridized carbons (Fsp3) is 0.350. The highest BCUT2D eigenvalue weighted by Crippen LogP contribution is 2.34. The third-order valence-electron chi connectivity index (χ3n) is 4.70. The van der Waals surface area contributed by atoms with Crippen molar-refractivity contribution < 1.29 is 14.3 Å². The summed E-state index contributed by atoms with van der Waals surface area (Å²) in [6.45, 7) is 8.83. The zero-order chi connectivity index (χ0) is 19.1. The average molecular weight is 383 g/mol. The molecule has 1 amide bonds. The van der Waals surface area contributed by atoms with E-state index in [0.717, 1.165) is 44.4 Å². The lowest BCUT2D eigenvalue weighted by Gasteiger charge is -2.21. The maximum atomic E-state index is 12.9. The second-order valence-electron chi connectivity index (χ2n) is 6.69. The van der Waals surface area contributed by atoms with Crippen molar-refractivity contribution in [3.05, 3.63) is 45.7 Å². The van der Waals surface area contributed by atoms with Crippen LogP contribution in [0.2, 0.25) is 0 Å². The van der Waals surface area contributed by atoms with E-state index in [1.807, 2.05) is 45.9 Å². The summed E-state index contributed by atoms with van der Waals surface area (Å²) in [6, 6.07) is 5.61. The van der Waals surface area contributed by atoms with Crippen LogP contribution in [0.15, 0.2) is 18.2 Å². The van der Waals surface area contributed by atoms with Crippen LogP contribution in [0, 0.1) is 20.8 Å². The lowest BCUT2D eigenvalue weighted by Crippen LogP contribution is -2.26. The van der Waals surface area contributed by atoms with Crippen molar-refractivity contribution >= 4 is 27.5 Å². The Balaban J connectivity index is 1.59. The number of nitrogens with one attached hydrogen (secondary N) is 1. The van der Waals surface area contributed by atoms with Gasteiger partial charge in [0.15, 0.2) is 11.5 Å². The number of aromatic nitrogens is 2. The van der Waals surface area contributed by atoms with Gasteiger partial charge in [-0.2, -0.15) is 0 Å². The molecule has 6 nitrogen and oxygen atoms in total. The standard InChI is InChI=1S/C20H21N3O3S/c1-10-17-12(3)21-13(4)23-20(17)27-18(10)19(24)22-11(2)14-5-6-15-16(9-14)26-8-7-25-15/h5-6,9,11H,7-8H2,1-4H3,(H,22,24). The van der Waals surface area contributed by atoms with Crippen molar-refractivity contribution in [2.75, 3.05) is 13.2 Å². The minimum Gasteiger partial charge on any atom is -0.486 e. The fourth-order valence-corrected chi connectivity index (χ4v) is 4.55. The SMILES string of the molecule is Cc1nc(C)c2c(C)c(C(=O)NC(C)c3ccc4c(c3)OCCO4)sc2n1. The zero-order valence-electron chi connectivity index (χ0n) is 15.8. The highest BCUT2D eigenvalue weighted by Gasteiger charge is 2.21. The Morgan fingerprint density at radius 1 is 1.15 bits per heavy atom. The van der Waals surface area contributed by atoms with Crippen molar-refractivity contribution in [1.29, 1.82) is 0 Å². The van der Waals surface area contributed by atoms with Crippen molar-refractivity contribution in [3.8, 4) is 11.5 Å². The third-order valence-corrected chi connectivity index (χ3v) is 5.89. The molecule has 0 radical (unpaired) electrons. The second kappa shape index (κ2) is 6.81. The molecule has 7 heteroatoms. The van der Waals surface area contributed by atoms with E-state index in [0.29, 0.717) is 18.1 Å². The van der Waals surface area contributed by atoms with Crippen molar-refractivity contribution in [3.63, 3.8) is 0 Å². The number of benzene rings is 1. The van der Waals surface area contributed by atoms with Crippen LogP contribution >= 0.6 is 11.3 Å². The predicted octanol–water partition coefficient (Wildman–Crippen LogP) is 3.88. The first-order valence-corrected chi connectivity index (χ1v) is 9.70. The van der Waals surface area contributed by atoms with Crippen molar-refractivity contribution in [2.45, 2.75) is 33.7 Å². The zero-order valence-corrected chi connectivity index (χ0v) is 16.6. The van der Waals surface area contributed by atoms with E-state index in [-0.39, 0.29) is 11.9 Å². The molecule has 0 bridgehead atoms. The van der Waals surface area contributed by atoms with Gasteiger partial charge in [-0.1, -0.05) is 6.07 Å².